The highest BCUT2D eigenvalue weighted by Gasteiger charge is 2.02. The molecule has 1 aromatic carbocycles. The van der Waals surface area contributed by atoms with Gasteiger partial charge in [-0.15, -0.1) is 0 Å². The lowest BCUT2D eigenvalue weighted by atomic mass is 10.2. The molecule has 0 fully saturated rings. The van der Waals surface area contributed by atoms with Gasteiger partial charge in [-0.3, -0.25) is 4.79 Å². The SMILES string of the molecule is CCCCCCC(=O)OCCOCCOCCOc1ccc(N)cc1. The molecule has 0 aromatic heterocycles. The van der Waals surface area contributed by atoms with Gasteiger partial charge in [0.15, 0.2) is 0 Å². The van der Waals surface area contributed by atoms with Gasteiger partial charge in [0, 0.05) is 12.1 Å². The Kier molecular flexibility index (Phi) is 12.4. The fourth-order valence-corrected chi connectivity index (χ4v) is 2.09. The number of hydrogen-bond acceptors (Lipinski definition) is 6. The summed E-state index contributed by atoms with van der Waals surface area (Å²) >= 11 is 0. The minimum absolute atomic E-state index is 0.143. The smallest absolute Gasteiger partial charge is 0.305 e. The maximum atomic E-state index is 11.4. The van der Waals surface area contributed by atoms with Crippen molar-refractivity contribution >= 4 is 11.7 Å². The lowest BCUT2D eigenvalue weighted by molar-refractivity contribution is -0.145. The monoisotopic (exact) mass is 353 g/mol. The molecule has 142 valence electrons. The Bertz CT molecular complexity index is 450. The summed E-state index contributed by atoms with van der Waals surface area (Å²) in [5.41, 5.74) is 6.31. The highest BCUT2D eigenvalue weighted by Crippen LogP contribution is 2.12. The van der Waals surface area contributed by atoms with Crippen molar-refractivity contribution in [1.82, 2.24) is 0 Å². The minimum Gasteiger partial charge on any atom is -0.491 e. The lowest BCUT2D eigenvalue weighted by Gasteiger charge is -2.08. The van der Waals surface area contributed by atoms with E-state index in [9.17, 15) is 4.79 Å². The van der Waals surface area contributed by atoms with Crippen molar-refractivity contribution in [3.05, 3.63) is 24.3 Å². The third kappa shape index (κ3) is 12.3. The van der Waals surface area contributed by atoms with Gasteiger partial charge in [-0.1, -0.05) is 26.2 Å². The summed E-state index contributed by atoms with van der Waals surface area (Å²) in [4.78, 5) is 11.4. The Morgan fingerprint density at radius 3 is 2.20 bits per heavy atom. The van der Waals surface area contributed by atoms with E-state index in [0.717, 1.165) is 18.6 Å². The average molecular weight is 353 g/mol. The van der Waals surface area contributed by atoms with E-state index in [2.05, 4.69) is 6.92 Å². The van der Waals surface area contributed by atoms with Crippen LogP contribution in [-0.4, -0.2) is 45.6 Å². The van der Waals surface area contributed by atoms with Crippen molar-refractivity contribution in [2.24, 2.45) is 0 Å². The summed E-state index contributed by atoms with van der Waals surface area (Å²) < 4.78 is 21.3. The van der Waals surface area contributed by atoms with E-state index in [1.807, 2.05) is 12.1 Å². The molecule has 0 spiro atoms. The van der Waals surface area contributed by atoms with Gasteiger partial charge in [-0.2, -0.15) is 0 Å². The minimum atomic E-state index is -0.143. The number of benzene rings is 1. The molecule has 0 radical (unpaired) electrons. The van der Waals surface area contributed by atoms with E-state index in [4.69, 9.17) is 24.7 Å². The zero-order chi connectivity index (χ0) is 18.2. The summed E-state index contributed by atoms with van der Waals surface area (Å²) in [5.74, 6) is 0.626. The quantitative estimate of drug-likeness (QED) is 0.296. The molecule has 0 heterocycles. The van der Waals surface area contributed by atoms with Crippen molar-refractivity contribution in [3.8, 4) is 5.75 Å². The van der Waals surface area contributed by atoms with Gasteiger partial charge in [0.1, 0.15) is 19.0 Å². The molecule has 0 aliphatic carbocycles. The molecule has 1 aromatic rings. The summed E-state index contributed by atoms with van der Waals surface area (Å²) in [6, 6.07) is 7.23. The van der Waals surface area contributed by atoms with Crippen LogP contribution in [0.1, 0.15) is 39.0 Å². The van der Waals surface area contributed by atoms with Gasteiger partial charge in [-0.05, 0) is 30.7 Å². The molecular formula is C19H31NO5. The van der Waals surface area contributed by atoms with Crippen LogP contribution in [0.2, 0.25) is 0 Å². The molecule has 6 nitrogen and oxygen atoms in total. The van der Waals surface area contributed by atoms with E-state index in [-0.39, 0.29) is 5.97 Å². The third-order valence-corrected chi connectivity index (χ3v) is 3.47. The topological polar surface area (TPSA) is 80.0 Å². The second-order valence-corrected chi connectivity index (χ2v) is 5.67. The Morgan fingerprint density at radius 2 is 1.52 bits per heavy atom. The first-order valence-electron chi connectivity index (χ1n) is 9.02. The molecule has 0 aliphatic heterocycles. The van der Waals surface area contributed by atoms with Crippen LogP contribution >= 0.6 is 0 Å². The van der Waals surface area contributed by atoms with E-state index in [1.54, 1.807) is 12.1 Å². The third-order valence-electron chi connectivity index (χ3n) is 3.47. The van der Waals surface area contributed by atoms with Gasteiger partial charge in [0.25, 0.3) is 0 Å². The predicted molar refractivity (Wildman–Crippen MR) is 97.7 cm³/mol. The van der Waals surface area contributed by atoms with Crippen LogP contribution in [0.15, 0.2) is 24.3 Å². The van der Waals surface area contributed by atoms with Crippen molar-refractivity contribution in [2.45, 2.75) is 39.0 Å². The van der Waals surface area contributed by atoms with E-state index < -0.39 is 0 Å². The largest absolute Gasteiger partial charge is 0.491 e. The van der Waals surface area contributed by atoms with Crippen LogP contribution in [-0.2, 0) is 19.0 Å². The zero-order valence-corrected chi connectivity index (χ0v) is 15.2. The molecule has 0 saturated carbocycles. The second-order valence-electron chi connectivity index (χ2n) is 5.67. The van der Waals surface area contributed by atoms with Gasteiger partial charge in [-0.25, -0.2) is 0 Å². The van der Waals surface area contributed by atoms with Crippen LogP contribution in [0.4, 0.5) is 5.69 Å². The standard InChI is InChI=1S/C19H31NO5/c1-2-3-4-5-6-19(21)25-16-14-23-12-11-22-13-15-24-18-9-7-17(20)8-10-18/h7-10H,2-6,11-16,20H2,1H3. The number of ether oxygens (including phenoxy) is 4. The van der Waals surface area contributed by atoms with Crippen molar-refractivity contribution in [1.29, 1.82) is 0 Å². The van der Waals surface area contributed by atoms with Gasteiger partial charge in [0.2, 0.25) is 0 Å². The first-order chi connectivity index (χ1) is 12.2. The van der Waals surface area contributed by atoms with Gasteiger partial charge in [0.05, 0.1) is 26.4 Å². The first kappa shape index (κ1) is 21.3. The molecule has 2 N–H and O–H groups in total. The number of anilines is 1. The average Bonchev–Trinajstić information content (AvgIpc) is 2.62. The second kappa shape index (κ2) is 14.5. The number of nitrogen functional groups attached to an aromatic ring is 1. The summed E-state index contributed by atoms with van der Waals surface area (Å²) in [5, 5.41) is 0. The van der Waals surface area contributed by atoms with Crippen molar-refractivity contribution in [3.63, 3.8) is 0 Å². The normalized spacial score (nSPS) is 10.6. The molecule has 0 aliphatic rings. The molecule has 1 rings (SSSR count). The van der Waals surface area contributed by atoms with Crippen LogP contribution in [0.3, 0.4) is 0 Å². The van der Waals surface area contributed by atoms with Crippen LogP contribution < -0.4 is 10.5 Å². The van der Waals surface area contributed by atoms with Gasteiger partial charge >= 0.3 is 5.97 Å². The number of nitrogens with two attached hydrogens (primary N) is 1. The van der Waals surface area contributed by atoms with Gasteiger partial charge < -0.3 is 24.7 Å². The van der Waals surface area contributed by atoms with Crippen LogP contribution in [0, 0.1) is 0 Å². The number of hydrogen-bond donors (Lipinski definition) is 1. The molecule has 0 bridgehead atoms. The Morgan fingerprint density at radius 1 is 0.880 bits per heavy atom. The summed E-state index contributed by atoms with van der Waals surface area (Å²) in [6.07, 6.45) is 4.82. The zero-order valence-electron chi connectivity index (χ0n) is 15.2. The predicted octanol–water partition coefficient (Wildman–Crippen LogP) is 3.19. The summed E-state index contributed by atoms with van der Waals surface area (Å²) in [6.45, 7) is 4.75. The first-order valence-corrected chi connectivity index (χ1v) is 9.02. The molecule has 0 unspecified atom stereocenters. The molecule has 0 saturated heterocycles. The Labute approximate surface area is 150 Å². The van der Waals surface area contributed by atoms with E-state index in [1.165, 1.54) is 12.8 Å². The highest BCUT2D eigenvalue weighted by atomic mass is 16.6. The Hall–Kier alpha value is -1.79. The molecule has 0 atom stereocenters. The fourth-order valence-electron chi connectivity index (χ4n) is 2.09. The Balaban J connectivity index is 1.82. The number of carbonyl (C=O) groups is 1. The van der Waals surface area contributed by atoms with E-state index >= 15 is 0 Å². The number of unbranched alkanes of at least 4 members (excludes halogenated alkanes) is 3. The van der Waals surface area contributed by atoms with Crippen LogP contribution in [0.25, 0.3) is 0 Å². The lowest BCUT2D eigenvalue weighted by Crippen LogP contribution is -2.14. The van der Waals surface area contributed by atoms with Crippen molar-refractivity contribution < 1.29 is 23.7 Å². The number of rotatable bonds is 15. The highest BCUT2D eigenvalue weighted by molar-refractivity contribution is 5.69. The van der Waals surface area contributed by atoms with Crippen LogP contribution in [0.5, 0.6) is 5.75 Å². The summed E-state index contributed by atoms with van der Waals surface area (Å²) in [7, 11) is 0. The maximum Gasteiger partial charge on any atom is 0.305 e. The number of esters is 1. The maximum absolute atomic E-state index is 11.4. The molecule has 6 heteroatoms. The fraction of sp³-hybridized carbons (Fsp3) is 0.632. The molecule has 0 amide bonds. The molecule has 25 heavy (non-hydrogen) atoms. The van der Waals surface area contributed by atoms with E-state index in [0.29, 0.717) is 51.7 Å². The number of carbonyl (C=O) groups excluding carboxylic acids is 1. The van der Waals surface area contributed by atoms with Crippen molar-refractivity contribution in [2.75, 3.05) is 45.4 Å². The molecular weight excluding hydrogens is 322 g/mol.